The number of halogens is 1. The molecule has 2 aliphatic rings. The van der Waals surface area contributed by atoms with E-state index < -0.39 is 0 Å². The highest BCUT2D eigenvalue weighted by Gasteiger charge is 2.32. The Hall–Kier alpha value is -1.38. The zero-order chi connectivity index (χ0) is 18.5. The van der Waals surface area contributed by atoms with Gasteiger partial charge in [-0.1, -0.05) is 42.5 Å². The third-order valence-corrected chi connectivity index (χ3v) is 5.50. The number of aliphatic imine (C=N–C) groups is 1. The Morgan fingerprint density at radius 1 is 1.11 bits per heavy atom. The van der Waals surface area contributed by atoms with Crippen LogP contribution in [0.3, 0.4) is 0 Å². The number of rotatable bonds is 4. The third-order valence-electron chi connectivity index (χ3n) is 5.50. The van der Waals surface area contributed by atoms with E-state index in [1.807, 2.05) is 7.05 Å². The largest absolute Gasteiger partial charge is 0.375 e. The lowest BCUT2D eigenvalue weighted by molar-refractivity contribution is -0.0816. The van der Waals surface area contributed by atoms with E-state index in [9.17, 15) is 0 Å². The molecule has 0 aromatic heterocycles. The number of hydrogen-bond acceptors (Lipinski definition) is 3. The van der Waals surface area contributed by atoms with Gasteiger partial charge in [0, 0.05) is 33.3 Å². The van der Waals surface area contributed by atoms with Crippen LogP contribution in [0.5, 0.6) is 0 Å². The Bertz CT molecular complexity index is 792. The summed E-state index contributed by atoms with van der Waals surface area (Å²) in [6, 6.07) is 15.2. The maximum Gasteiger partial charge on any atom is 0.193 e. The normalized spacial score (nSPS) is 22.9. The van der Waals surface area contributed by atoms with Gasteiger partial charge in [-0.15, -0.1) is 24.0 Å². The van der Waals surface area contributed by atoms with Crippen LogP contribution in [-0.4, -0.2) is 63.0 Å². The zero-order valence-electron chi connectivity index (χ0n) is 16.5. The molecule has 2 unspecified atom stereocenters. The average Bonchev–Trinajstić information content (AvgIpc) is 3.26. The molecule has 2 aromatic carbocycles. The van der Waals surface area contributed by atoms with Crippen LogP contribution in [0.4, 0.5) is 0 Å². The molecular formula is C22H30IN3O2. The van der Waals surface area contributed by atoms with Crippen LogP contribution < -0.4 is 5.32 Å². The summed E-state index contributed by atoms with van der Waals surface area (Å²) in [7, 11) is 1.86. The van der Waals surface area contributed by atoms with E-state index in [-0.39, 0.29) is 36.2 Å². The summed E-state index contributed by atoms with van der Waals surface area (Å²) in [5, 5.41) is 6.11. The molecule has 2 fully saturated rings. The topological polar surface area (TPSA) is 46.1 Å². The lowest BCUT2D eigenvalue weighted by Gasteiger charge is -2.37. The van der Waals surface area contributed by atoms with Gasteiger partial charge in [0.05, 0.1) is 12.7 Å². The predicted molar refractivity (Wildman–Crippen MR) is 125 cm³/mol. The molecule has 0 bridgehead atoms. The van der Waals surface area contributed by atoms with E-state index >= 15 is 0 Å². The molecule has 2 atom stereocenters. The Morgan fingerprint density at radius 3 is 2.71 bits per heavy atom. The van der Waals surface area contributed by atoms with Crippen molar-refractivity contribution in [1.29, 1.82) is 0 Å². The lowest BCUT2D eigenvalue weighted by atomic mass is 10.1. The van der Waals surface area contributed by atoms with E-state index in [2.05, 4.69) is 57.7 Å². The van der Waals surface area contributed by atoms with E-state index in [1.54, 1.807) is 0 Å². The van der Waals surface area contributed by atoms with Gasteiger partial charge in [-0.25, -0.2) is 0 Å². The standard InChI is InChI=1S/C22H29N3O2.HI/c1-23-22(25-12-14-27-21(16-25)20-7-4-13-26-20)24-11-10-17-8-9-18-5-2-3-6-19(18)15-17;/h2-3,5-6,8-9,15,20-21H,4,7,10-14,16H2,1H3,(H,23,24);1H. The summed E-state index contributed by atoms with van der Waals surface area (Å²) in [6.45, 7) is 4.19. The smallest absolute Gasteiger partial charge is 0.193 e. The van der Waals surface area contributed by atoms with E-state index in [0.717, 1.165) is 58.1 Å². The molecule has 2 heterocycles. The van der Waals surface area contributed by atoms with Crippen LogP contribution in [-0.2, 0) is 15.9 Å². The number of nitrogens with zero attached hydrogens (tertiary/aromatic N) is 2. The molecule has 0 saturated carbocycles. The molecule has 6 heteroatoms. The molecule has 28 heavy (non-hydrogen) atoms. The zero-order valence-corrected chi connectivity index (χ0v) is 18.8. The fourth-order valence-corrected chi connectivity index (χ4v) is 4.03. The molecule has 5 nitrogen and oxygen atoms in total. The van der Waals surface area contributed by atoms with Crippen molar-refractivity contribution in [3.05, 3.63) is 48.0 Å². The maximum atomic E-state index is 5.95. The molecular weight excluding hydrogens is 465 g/mol. The van der Waals surface area contributed by atoms with Crippen molar-refractivity contribution in [3.8, 4) is 0 Å². The minimum atomic E-state index is 0. The first-order chi connectivity index (χ1) is 13.3. The van der Waals surface area contributed by atoms with Gasteiger partial charge < -0.3 is 19.7 Å². The summed E-state index contributed by atoms with van der Waals surface area (Å²) >= 11 is 0. The second-order valence-electron chi connectivity index (χ2n) is 7.31. The molecule has 0 aliphatic carbocycles. The van der Waals surface area contributed by atoms with Crippen LogP contribution in [0.2, 0.25) is 0 Å². The minimum Gasteiger partial charge on any atom is -0.375 e. The van der Waals surface area contributed by atoms with Gasteiger partial charge in [0.25, 0.3) is 0 Å². The number of nitrogens with one attached hydrogen (secondary N) is 1. The summed E-state index contributed by atoms with van der Waals surface area (Å²) in [6.07, 6.45) is 3.61. The molecule has 0 amide bonds. The fourth-order valence-electron chi connectivity index (χ4n) is 4.03. The number of hydrogen-bond donors (Lipinski definition) is 1. The van der Waals surface area contributed by atoms with Gasteiger partial charge in [-0.05, 0) is 35.6 Å². The third kappa shape index (κ3) is 5.15. The van der Waals surface area contributed by atoms with Gasteiger partial charge in [0.2, 0.25) is 0 Å². The molecule has 4 rings (SSSR count). The van der Waals surface area contributed by atoms with Crippen LogP contribution in [0.1, 0.15) is 18.4 Å². The van der Waals surface area contributed by atoms with Crippen LogP contribution in [0, 0.1) is 0 Å². The van der Waals surface area contributed by atoms with Gasteiger partial charge in [-0.3, -0.25) is 4.99 Å². The highest BCUT2D eigenvalue weighted by atomic mass is 127. The van der Waals surface area contributed by atoms with Crippen molar-refractivity contribution in [1.82, 2.24) is 10.2 Å². The number of fused-ring (bicyclic) bond motifs is 1. The second-order valence-corrected chi connectivity index (χ2v) is 7.31. The summed E-state index contributed by atoms with van der Waals surface area (Å²) in [5.41, 5.74) is 1.34. The van der Waals surface area contributed by atoms with Gasteiger partial charge >= 0.3 is 0 Å². The molecule has 2 aromatic rings. The monoisotopic (exact) mass is 495 g/mol. The number of benzene rings is 2. The van der Waals surface area contributed by atoms with Crippen LogP contribution in [0.15, 0.2) is 47.5 Å². The maximum absolute atomic E-state index is 5.95. The number of ether oxygens (including phenoxy) is 2. The Balaban J connectivity index is 0.00000225. The molecule has 1 N–H and O–H groups in total. The first-order valence-corrected chi connectivity index (χ1v) is 10.00. The van der Waals surface area contributed by atoms with Crippen molar-refractivity contribution in [2.75, 3.05) is 39.9 Å². The quantitative estimate of drug-likeness (QED) is 0.401. The second kappa shape index (κ2) is 10.4. The first kappa shape index (κ1) is 21.3. The molecule has 2 saturated heterocycles. The molecule has 0 radical (unpaired) electrons. The van der Waals surface area contributed by atoms with Crippen molar-refractivity contribution in [2.24, 2.45) is 4.99 Å². The molecule has 0 spiro atoms. The van der Waals surface area contributed by atoms with Crippen molar-refractivity contribution in [2.45, 2.75) is 31.5 Å². The minimum absolute atomic E-state index is 0. The van der Waals surface area contributed by atoms with Crippen LogP contribution in [0.25, 0.3) is 10.8 Å². The number of guanidine groups is 1. The van der Waals surface area contributed by atoms with Crippen LogP contribution >= 0.6 is 24.0 Å². The van der Waals surface area contributed by atoms with Gasteiger partial charge in [-0.2, -0.15) is 0 Å². The Kier molecular flexibility index (Phi) is 7.93. The predicted octanol–water partition coefficient (Wildman–Crippen LogP) is 3.46. The Morgan fingerprint density at radius 2 is 1.93 bits per heavy atom. The lowest BCUT2D eigenvalue weighted by Crippen LogP contribution is -2.53. The first-order valence-electron chi connectivity index (χ1n) is 10.00. The summed E-state index contributed by atoms with van der Waals surface area (Å²) in [4.78, 5) is 6.79. The highest BCUT2D eigenvalue weighted by Crippen LogP contribution is 2.21. The van der Waals surface area contributed by atoms with Crippen molar-refractivity contribution < 1.29 is 9.47 Å². The van der Waals surface area contributed by atoms with Gasteiger partial charge in [0.1, 0.15) is 6.10 Å². The molecule has 152 valence electrons. The average molecular weight is 495 g/mol. The van der Waals surface area contributed by atoms with E-state index in [4.69, 9.17) is 9.47 Å². The van der Waals surface area contributed by atoms with E-state index in [0.29, 0.717) is 0 Å². The van der Waals surface area contributed by atoms with Crippen molar-refractivity contribution in [3.63, 3.8) is 0 Å². The highest BCUT2D eigenvalue weighted by molar-refractivity contribution is 14.0. The Labute approximate surface area is 184 Å². The van der Waals surface area contributed by atoms with E-state index in [1.165, 1.54) is 16.3 Å². The SMILES string of the molecule is CN=C(NCCc1ccc2ccccc2c1)N1CCOC(C2CCCO2)C1.I. The summed E-state index contributed by atoms with van der Waals surface area (Å²) < 4.78 is 11.8. The number of morpholine rings is 1. The van der Waals surface area contributed by atoms with Crippen molar-refractivity contribution >= 4 is 40.7 Å². The molecule has 2 aliphatic heterocycles. The summed E-state index contributed by atoms with van der Waals surface area (Å²) in [5.74, 6) is 0.960. The van der Waals surface area contributed by atoms with Gasteiger partial charge in [0.15, 0.2) is 5.96 Å². The fraction of sp³-hybridized carbons (Fsp3) is 0.500.